The molecule has 0 spiro atoms. The van der Waals surface area contributed by atoms with Gasteiger partial charge in [-0.25, -0.2) is 0 Å². The molecule has 16 heavy (non-hydrogen) atoms. The molecule has 3 N–H and O–H groups in total. The van der Waals surface area contributed by atoms with Gasteiger partial charge in [-0.15, -0.1) is 0 Å². The van der Waals surface area contributed by atoms with E-state index in [2.05, 4.69) is 5.32 Å². The van der Waals surface area contributed by atoms with Gasteiger partial charge < -0.3 is 15.8 Å². The van der Waals surface area contributed by atoms with E-state index in [0.717, 1.165) is 5.56 Å². The molecule has 2 rings (SSSR count). The van der Waals surface area contributed by atoms with E-state index in [1.54, 1.807) is 0 Å². The van der Waals surface area contributed by atoms with Crippen molar-refractivity contribution in [3.05, 3.63) is 35.4 Å². The van der Waals surface area contributed by atoms with Gasteiger partial charge in [-0.3, -0.25) is 4.79 Å². The van der Waals surface area contributed by atoms with Gasteiger partial charge in [-0.1, -0.05) is 29.8 Å². The van der Waals surface area contributed by atoms with Crippen molar-refractivity contribution in [1.82, 2.24) is 5.32 Å². The summed E-state index contributed by atoms with van der Waals surface area (Å²) in [5.41, 5.74) is 8.07. The first-order chi connectivity index (χ1) is 7.68. The average molecular weight is 220 g/mol. The van der Waals surface area contributed by atoms with Crippen LogP contribution in [-0.4, -0.2) is 25.2 Å². The number of hydrogen-bond acceptors (Lipinski definition) is 4. The van der Waals surface area contributed by atoms with E-state index >= 15 is 0 Å². The number of rotatable bonds is 1. The maximum absolute atomic E-state index is 11.5. The monoisotopic (exact) mass is 220 g/mol. The summed E-state index contributed by atoms with van der Waals surface area (Å²) < 4.78 is 4.96. The summed E-state index contributed by atoms with van der Waals surface area (Å²) in [6.45, 7) is 3.05. The molecule has 2 atom stereocenters. The Morgan fingerprint density at radius 2 is 2.06 bits per heavy atom. The van der Waals surface area contributed by atoms with Crippen LogP contribution in [0.3, 0.4) is 0 Å². The number of aryl methyl sites for hydroxylation is 1. The molecule has 4 nitrogen and oxygen atoms in total. The second kappa shape index (κ2) is 4.63. The molecule has 0 unspecified atom stereocenters. The summed E-state index contributed by atoms with van der Waals surface area (Å²) in [5, 5.41) is 3.23. The van der Waals surface area contributed by atoms with Crippen molar-refractivity contribution < 1.29 is 9.53 Å². The number of carbonyl (C=O) groups excluding carboxylic acids is 1. The standard InChI is InChI=1S/C12H16N2O2/c1-8-2-4-9(5-3-8)11-10(13)12(15)16-7-6-14-11/h2-5,10-11,14H,6-7,13H2,1H3/t10-,11+/m1/s1. The van der Waals surface area contributed by atoms with Crippen LogP contribution in [0.1, 0.15) is 17.2 Å². The Morgan fingerprint density at radius 1 is 1.38 bits per heavy atom. The topological polar surface area (TPSA) is 64.3 Å². The lowest BCUT2D eigenvalue weighted by Gasteiger charge is -2.20. The maximum Gasteiger partial charge on any atom is 0.324 e. The van der Waals surface area contributed by atoms with Crippen molar-refractivity contribution in [3.8, 4) is 0 Å². The second-order valence-electron chi connectivity index (χ2n) is 4.04. The number of carbonyl (C=O) groups is 1. The fourth-order valence-corrected chi connectivity index (χ4v) is 1.82. The Kier molecular flexibility index (Phi) is 3.22. The molecule has 1 aromatic carbocycles. The quantitative estimate of drug-likeness (QED) is 0.677. The zero-order valence-corrected chi connectivity index (χ0v) is 9.27. The van der Waals surface area contributed by atoms with Crippen LogP contribution < -0.4 is 11.1 Å². The number of nitrogens with one attached hydrogen (secondary N) is 1. The van der Waals surface area contributed by atoms with Crippen LogP contribution in [0, 0.1) is 6.92 Å². The number of esters is 1. The Bertz CT molecular complexity index is 375. The molecular formula is C12H16N2O2. The van der Waals surface area contributed by atoms with Crippen molar-refractivity contribution in [2.75, 3.05) is 13.2 Å². The lowest BCUT2D eigenvalue weighted by Crippen LogP contribution is -2.41. The first-order valence-corrected chi connectivity index (χ1v) is 5.40. The average Bonchev–Trinajstić information content (AvgIpc) is 2.44. The number of nitrogens with two attached hydrogens (primary N) is 1. The number of ether oxygens (including phenoxy) is 1. The van der Waals surface area contributed by atoms with E-state index in [-0.39, 0.29) is 12.0 Å². The summed E-state index contributed by atoms with van der Waals surface area (Å²) in [5.74, 6) is -0.337. The first-order valence-electron chi connectivity index (χ1n) is 5.40. The fourth-order valence-electron chi connectivity index (χ4n) is 1.82. The summed E-state index contributed by atoms with van der Waals surface area (Å²) in [6.07, 6.45) is 0. The van der Waals surface area contributed by atoms with Crippen LogP contribution in [0.15, 0.2) is 24.3 Å². The highest BCUT2D eigenvalue weighted by molar-refractivity contribution is 5.77. The number of benzene rings is 1. The third-order valence-corrected chi connectivity index (χ3v) is 2.78. The predicted molar refractivity (Wildman–Crippen MR) is 60.9 cm³/mol. The molecule has 1 saturated heterocycles. The van der Waals surface area contributed by atoms with E-state index in [1.807, 2.05) is 31.2 Å². The van der Waals surface area contributed by atoms with Crippen LogP contribution >= 0.6 is 0 Å². The number of hydrogen-bond donors (Lipinski definition) is 2. The van der Waals surface area contributed by atoms with E-state index < -0.39 is 6.04 Å². The fraction of sp³-hybridized carbons (Fsp3) is 0.417. The Labute approximate surface area is 94.8 Å². The van der Waals surface area contributed by atoms with Gasteiger partial charge in [0.1, 0.15) is 12.6 Å². The highest BCUT2D eigenvalue weighted by Gasteiger charge is 2.29. The van der Waals surface area contributed by atoms with Crippen molar-refractivity contribution in [3.63, 3.8) is 0 Å². The summed E-state index contributed by atoms with van der Waals surface area (Å²) in [6, 6.07) is 7.22. The highest BCUT2D eigenvalue weighted by atomic mass is 16.5. The molecule has 1 aliphatic heterocycles. The van der Waals surface area contributed by atoms with Crippen LogP contribution in [-0.2, 0) is 9.53 Å². The molecule has 0 amide bonds. The third kappa shape index (κ3) is 2.23. The van der Waals surface area contributed by atoms with Gasteiger partial charge in [0.25, 0.3) is 0 Å². The highest BCUT2D eigenvalue weighted by Crippen LogP contribution is 2.18. The number of cyclic esters (lactones) is 1. The van der Waals surface area contributed by atoms with Gasteiger partial charge in [-0.05, 0) is 12.5 Å². The smallest absolute Gasteiger partial charge is 0.324 e. The van der Waals surface area contributed by atoms with E-state index in [0.29, 0.717) is 13.2 Å². The first kappa shape index (κ1) is 11.1. The van der Waals surface area contributed by atoms with Gasteiger partial charge in [0.15, 0.2) is 0 Å². The molecule has 1 aromatic rings. The van der Waals surface area contributed by atoms with Crippen molar-refractivity contribution in [2.45, 2.75) is 19.0 Å². The van der Waals surface area contributed by atoms with E-state index in [4.69, 9.17) is 10.5 Å². The third-order valence-electron chi connectivity index (χ3n) is 2.78. The molecule has 0 radical (unpaired) electrons. The molecule has 86 valence electrons. The zero-order chi connectivity index (χ0) is 11.5. The van der Waals surface area contributed by atoms with Crippen LogP contribution in [0.5, 0.6) is 0 Å². The minimum Gasteiger partial charge on any atom is -0.463 e. The minimum atomic E-state index is -0.634. The molecule has 0 aliphatic carbocycles. The van der Waals surface area contributed by atoms with E-state index in [1.165, 1.54) is 5.56 Å². The molecule has 4 heteroatoms. The van der Waals surface area contributed by atoms with Gasteiger partial charge in [0.2, 0.25) is 0 Å². The van der Waals surface area contributed by atoms with E-state index in [9.17, 15) is 4.79 Å². The SMILES string of the molecule is Cc1ccc([C@@H]2NCCOC(=O)[C@@H]2N)cc1. The Balaban J connectivity index is 2.23. The summed E-state index contributed by atoms with van der Waals surface area (Å²) >= 11 is 0. The predicted octanol–water partition coefficient (Wildman–Crippen LogP) is 0.510. The Morgan fingerprint density at radius 3 is 2.75 bits per heavy atom. The second-order valence-corrected chi connectivity index (χ2v) is 4.04. The minimum absolute atomic E-state index is 0.157. The molecule has 0 saturated carbocycles. The van der Waals surface area contributed by atoms with Gasteiger partial charge in [0.05, 0.1) is 6.04 Å². The zero-order valence-electron chi connectivity index (χ0n) is 9.27. The lowest BCUT2D eigenvalue weighted by atomic mass is 9.99. The molecule has 1 aliphatic rings. The molecule has 1 heterocycles. The van der Waals surface area contributed by atoms with Gasteiger partial charge >= 0.3 is 5.97 Å². The molecule has 0 bridgehead atoms. The van der Waals surface area contributed by atoms with Gasteiger partial charge in [-0.2, -0.15) is 0 Å². The molecule has 0 aromatic heterocycles. The van der Waals surface area contributed by atoms with Gasteiger partial charge in [0, 0.05) is 6.54 Å². The van der Waals surface area contributed by atoms with Crippen LogP contribution in [0.2, 0.25) is 0 Å². The lowest BCUT2D eigenvalue weighted by molar-refractivity contribution is -0.144. The molecular weight excluding hydrogens is 204 g/mol. The normalized spacial score (nSPS) is 26.0. The van der Waals surface area contributed by atoms with Crippen LogP contribution in [0.4, 0.5) is 0 Å². The van der Waals surface area contributed by atoms with Crippen molar-refractivity contribution >= 4 is 5.97 Å². The molecule has 1 fully saturated rings. The van der Waals surface area contributed by atoms with Crippen LogP contribution in [0.25, 0.3) is 0 Å². The summed E-state index contributed by atoms with van der Waals surface area (Å²) in [7, 11) is 0. The van der Waals surface area contributed by atoms with Crippen molar-refractivity contribution in [1.29, 1.82) is 0 Å². The maximum atomic E-state index is 11.5. The van der Waals surface area contributed by atoms with Crippen molar-refractivity contribution in [2.24, 2.45) is 5.73 Å². The summed E-state index contributed by atoms with van der Waals surface area (Å²) in [4.78, 5) is 11.5. The largest absolute Gasteiger partial charge is 0.463 e. The Hall–Kier alpha value is -1.39.